The minimum absolute atomic E-state index is 0.0830. The van der Waals surface area contributed by atoms with Crippen LogP contribution >= 0.6 is 21.6 Å². The fraction of sp³-hybridized carbons (Fsp3) is 0.400. The number of ether oxygens (including phenoxy) is 1. The number of nitrogens with one attached hydrogen (secondary N) is 2. The van der Waals surface area contributed by atoms with E-state index in [1.54, 1.807) is 18.2 Å². The van der Waals surface area contributed by atoms with Crippen LogP contribution in [0.1, 0.15) is 54.6 Å². The topological polar surface area (TPSA) is 162 Å². The van der Waals surface area contributed by atoms with E-state index in [4.69, 9.17) is 4.74 Å². The van der Waals surface area contributed by atoms with E-state index >= 15 is 0 Å². The smallest absolute Gasteiger partial charge is 0.411 e. The van der Waals surface area contributed by atoms with Gasteiger partial charge in [-0.25, -0.2) is 4.79 Å². The lowest BCUT2D eigenvalue weighted by Gasteiger charge is -2.29. The van der Waals surface area contributed by atoms with Crippen molar-refractivity contribution in [1.82, 2.24) is 15.1 Å². The zero-order chi connectivity index (χ0) is 31.8. The summed E-state index contributed by atoms with van der Waals surface area (Å²) < 4.78 is 5.40. The van der Waals surface area contributed by atoms with Gasteiger partial charge in [-0.15, -0.1) is 0 Å². The number of aliphatic carboxylic acids is 1. The number of rotatable bonds is 13. The third kappa shape index (κ3) is 8.76. The molecule has 0 bridgehead atoms. The number of amides is 5. The molecule has 1 saturated heterocycles. The maximum atomic E-state index is 13.0. The summed E-state index contributed by atoms with van der Waals surface area (Å²) in [7, 11) is 2.91. The zero-order valence-electron chi connectivity index (χ0n) is 24.3. The lowest BCUT2D eigenvalue weighted by atomic mass is 10.0. The first-order valence-corrected chi connectivity index (χ1v) is 16.4. The minimum Gasteiger partial charge on any atom is -0.480 e. The molecule has 0 aromatic heterocycles. The Morgan fingerprint density at radius 3 is 2.50 bits per heavy atom. The Balaban J connectivity index is 1.23. The standard InChI is InChI=1S/C30H34N4O8S2/c1-18(13-26(36)33(16-27(37)38)14-20-7-4-3-5-8-20)43-44-19(2)17-42-30(41)31-23-10-6-9-21-22(23)15-34(29(21)40)24-11-12-25(35)32-28(24)39/h3-10,18-19,24H,11-17H2,1-2H3,(H,31,41)(H,37,38)(H,32,35,39)/t18-,19+,24?/m0/s1. The van der Waals surface area contributed by atoms with Crippen LogP contribution in [0.15, 0.2) is 48.5 Å². The quantitative estimate of drug-likeness (QED) is 0.217. The number of imide groups is 1. The molecule has 234 valence electrons. The van der Waals surface area contributed by atoms with Crippen LogP contribution in [0.3, 0.4) is 0 Å². The Bertz CT molecular complexity index is 1420. The van der Waals surface area contributed by atoms with Crippen LogP contribution < -0.4 is 10.6 Å². The number of carbonyl (C=O) groups excluding carboxylic acids is 5. The van der Waals surface area contributed by atoms with E-state index in [0.717, 1.165) is 5.56 Å². The molecule has 2 aliphatic rings. The Labute approximate surface area is 262 Å². The number of piperidine rings is 1. The number of carboxylic acid groups (broad SMARTS) is 1. The van der Waals surface area contributed by atoms with E-state index in [-0.39, 0.29) is 73.7 Å². The average Bonchev–Trinajstić information content (AvgIpc) is 3.31. The fourth-order valence-corrected chi connectivity index (χ4v) is 7.09. The van der Waals surface area contributed by atoms with Crippen LogP contribution in [0.2, 0.25) is 0 Å². The van der Waals surface area contributed by atoms with Gasteiger partial charge in [0, 0.05) is 53.2 Å². The average molecular weight is 643 g/mol. The molecule has 3 N–H and O–H groups in total. The third-order valence-corrected chi connectivity index (χ3v) is 10.4. The van der Waals surface area contributed by atoms with Crippen molar-refractivity contribution >= 4 is 63.0 Å². The molecular weight excluding hydrogens is 608 g/mol. The Morgan fingerprint density at radius 1 is 1.07 bits per heavy atom. The van der Waals surface area contributed by atoms with Crippen molar-refractivity contribution in [3.8, 4) is 0 Å². The number of anilines is 1. The van der Waals surface area contributed by atoms with E-state index in [0.29, 0.717) is 16.8 Å². The SMILES string of the molecule is C[C@H](COC(=O)Nc1cccc2c1CN(C1CCC(=O)NC1=O)C2=O)SS[C@@H](C)CC(=O)N(CC(=O)O)Cc1ccccc1. The van der Waals surface area contributed by atoms with Crippen molar-refractivity contribution in [1.29, 1.82) is 0 Å². The molecule has 3 atom stereocenters. The van der Waals surface area contributed by atoms with Gasteiger partial charge >= 0.3 is 12.1 Å². The van der Waals surface area contributed by atoms with Gasteiger partial charge in [0.2, 0.25) is 17.7 Å². The summed E-state index contributed by atoms with van der Waals surface area (Å²) in [5.41, 5.74) is 2.19. The molecule has 5 amide bonds. The largest absolute Gasteiger partial charge is 0.480 e. The Morgan fingerprint density at radius 2 is 1.80 bits per heavy atom. The lowest BCUT2D eigenvalue weighted by molar-refractivity contribution is -0.144. The van der Waals surface area contributed by atoms with Gasteiger partial charge in [0.25, 0.3) is 5.91 Å². The van der Waals surface area contributed by atoms with Crippen molar-refractivity contribution in [2.45, 2.75) is 62.7 Å². The van der Waals surface area contributed by atoms with Gasteiger partial charge in [0.1, 0.15) is 19.2 Å². The number of nitrogens with zero attached hydrogens (tertiary/aromatic N) is 2. The van der Waals surface area contributed by atoms with Gasteiger partial charge in [-0.2, -0.15) is 0 Å². The molecule has 2 aliphatic heterocycles. The third-order valence-electron chi connectivity index (χ3n) is 7.01. The van der Waals surface area contributed by atoms with Gasteiger partial charge in [-0.1, -0.05) is 64.9 Å². The first-order chi connectivity index (χ1) is 21.0. The Hall–Kier alpha value is -4.04. The molecule has 0 radical (unpaired) electrons. The summed E-state index contributed by atoms with van der Waals surface area (Å²) in [6.45, 7) is 3.79. The number of benzene rings is 2. The number of carbonyl (C=O) groups is 6. The molecule has 0 spiro atoms. The maximum absolute atomic E-state index is 13.0. The van der Waals surface area contributed by atoms with Crippen LogP contribution in [0.5, 0.6) is 0 Å². The second-order valence-electron chi connectivity index (χ2n) is 10.6. The molecule has 1 fully saturated rings. The number of carboxylic acids is 1. The lowest BCUT2D eigenvalue weighted by Crippen LogP contribution is -2.52. The van der Waals surface area contributed by atoms with Crippen LogP contribution in [0, 0.1) is 0 Å². The summed E-state index contributed by atoms with van der Waals surface area (Å²) in [5.74, 6) is -2.55. The molecule has 0 saturated carbocycles. The van der Waals surface area contributed by atoms with Gasteiger partial charge in [-0.05, 0) is 31.0 Å². The van der Waals surface area contributed by atoms with E-state index in [2.05, 4.69) is 10.6 Å². The highest BCUT2D eigenvalue weighted by molar-refractivity contribution is 8.77. The highest BCUT2D eigenvalue weighted by atomic mass is 33.1. The summed E-state index contributed by atoms with van der Waals surface area (Å²) in [5, 5.41) is 14.0. The van der Waals surface area contributed by atoms with Crippen LogP contribution in [0.25, 0.3) is 0 Å². The van der Waals surface area contributed by atoms with Gasteiger partial charge < -0.3 is 19.6 Å². The molecule has 1 unspecified atom stereocenters. The molecular formula is C30H34N4O8S2. The number of hydrogen-bond acceptors (Lipinski definition) is 9. The van der Waals surface area contributed by atoms with E-state index < -0.39 is 24.0 Å². The minimum atomic E-state index is -1.08. The predicted octanol–water partition coefficient (Wildman–Crippen LogP) is 3.66. The summed E-state index contributed by atoms with van der Waals surface area (Å²) in [6.07, 6.45) is -0.158. The molecule has 14 heteroatoms. The monoisotopic (exact) mass is 642 g/mol. The highest BCUT2D eigenvalue weighted by Gasteiger charge is 2.40. The van der Waals surface area contributed by atoms with Crippen molar-refractivity contribution < 1.29 is 38.6 Å². The van der Waals surface area contributed by atoms with Crippen LogP contribution in [-0.4, -0.2) is 80.3 Å². The second kappa shape index (κ2) is 15.1. The van der Waals surface area contributed by atoms with Crippen molar-refractivity contribution in [3.05, 3.63) is 65.2 Å². The van der Waals surface area contributed by atoms with Crippen LogP contribution in [0.4, 0.5) is 10.5 Å². The normalized spacial score (nSPS) is 17.4. The summed E-state index contributed by atoms with van der Waals surface area (Å²) in [6, 6.07) is 13.4. The molecule has 2 aromatic carbocycles. The second-order valence-corrected chi connectivity index (χ2v) is 13.8. The first-order valence-electron chi connectivity index (χ1n) is 14.1. The zero-order valence-corrected chi connectivity index (χ0v) is 25.9. The van der Waals surface area contributed by atoms with Crippen molar-refractivity contribution in [2.24, 2.45) is 0 Å². The van der Waals surface area contributed by atoms with Gasteiger partial charge in [-0.3, -0.25) is 34.6 Å². The van der Waals surface area contributed by atoms with E-state index in [1.165, 1.54) is 31.4 Å². The molecule has 4 rings (SSSR count). The highest BCUT2D eigenvalue weighted by Crippen LogP contribution is 2.34. The molecule has 0 aliphatic carbocycles. The summed E-state index contributed by atoms with van der Waals surface area (Å²) >= 11 is 0. The first kappa shape index (κ1) is 32.9. The van der Waals surface area contributed by atoms with E-state index in [1.807, 2.05) is 44.2 Å². The molecule has 12 nitrogen and oxygen atoms in total. The number of fused-ring (bicyclic) bond motifs is 1. The molecule has 2 heterocycles. The van der Waals surface area contributed by atoms with Crippen molar-refractivity contribution in [3.63, 3.8) is 0 Å². The van der Waals surface area contributed by atoms with Gasteiger partial charge in [0.05, 0.1) is 0 Å². The van der Waals surface area contributed by atoms with Crippen LogP contribution in [-0.2, 0) is 37.0 Å². The Kier molecular flexibility index (Phi) is 11.3. The predicted molar refractivity (Wildman–Crippen MR) is 166 cm³/mol. The number of hydrogen-bond donors (Lipinski definition) is 3. The van der Waals surface area contributed by atoms with E-state index in [9.17, 15) is 33.9 Å². The van der Waals surface area contributed by atoms with Crippen molar-refractivity contribution in [2.75, 3.05) is 18.5 Å². The fourth-order valence-electron chi connectivity index (χ4n) is 4.87. The summed E-state index contributed by atoms with van der Waals surface area (Å²) in [4.78, 5) is 76.4. The molecule has 2 aromatic rings. The van der Waals surface area contributed by atoms with Gasteiger partial charge in [0.15, 0.2) is 0 Å². The molecule has 44 heavy (non-hydrogen) atoms. The maximum Gasteiger partial charge on any atom is 0.411 e.